The molecule has 4 aromatic rings. The zero-order chi connectivity index (χ0) is 31.2. The molecule has 0 bridgehead atoms. The number of nitrogens with one attached hydrogen (secondary N) is 2. The average molecular weight is 607 g/mol. The molecular weight excluding hydrogens is 568 g/mol. The maximum Gasteiger partial charge on any atom is 0.323 e. The Bertz CT molecular complexity index is 1600. The first-order chi connectivity index (χ1) is 21.9. The van der Waals surface area contributed by atoms with Gasteiger partial charge in [-0.25, -0.2) is 9.78 Å². The lowest BCUT2D eigenvalue weighted by Crippen LogP contribution is -2.44. The predicted octanol–water partition coefficient (Wildman–Crippen LogP) is 4.85. The third-order valence-corrected chi connectivity index (χ3v) is 8.22. The number of amides is 3. The van der Waals surface area contributed by atoms with Crippen molar-refractivity contribution >= 4 is 29.3 Å². The summed E-state index contributed by atoms with van der Waals surface area (Å²) in [5.74, 6) is 1.79. The van der Waals surface area contributed by atoms with Crippen LogP contribution in [0.3, 0.4) is 0 Å². The van der Waals surface area contributed by atoms with Crippen molar-refractivity contribution in [2.75, 3.05) is 69.0 Å². The van der Waals surface area contributed by atoms with Crippen molar-refractivity contribution in [3.63, 3.8) is 0 Å². The molecule has 3 heterocycles. The van der Waals surface area contributed by atoms with Gasteiger partial charge < -0.3 is 30.1 Å². The number of hydrogen-bond donors (Lipinski definition) is 2. The number of hydrogen-bond acceptors (Lipinski definition) is 8. The topological polar surface area (TPSA) is 116 Å². The Morgan fingerprint density at radius 3 is 1.87 bits per heavy atom. The molecule has 2 saturated heterocycles. The van der Waals surface area contributed by atoms with E-state index < -0.39 is 0 Å². The van der Waals surface area contributed by atoms with E-state index in [9.17, 15) is 9.59 Å². The number of piperidine rings is 1. The van der Waals surface area contributed by atoms with Crippen molar-refractivity contribution in [2.45, 2.75) is 18.9 Å². The first-order valence-corrected chi connectivity index (χ1v) is 15.3. The molecule has 6 rings (SSSR count). The number of likely N-dealkylation sites (tertiary alicyclic amines) is 1. The highest BCUT2D eigenvalue weighted by Gasteiger charge is 2.24. The van der Waals surface area contributed by atoms with Gasteiger partial charge in [0.15, 0.2) is 11.6 Å². The Hall–Kier alpha value is -4.87. The number of benzene rings is 3. The summed E-state index contributed by atoms with van der Waals surface area (Å²) in [7, 11) is 4.17. The van der Waals surface area contributed by atoms with Gasteiger partial charge in [0.25, 0.3) is 5.91 Å². The largest absolute Gasteiger partial charge is 0.378 e. The van der Waals surface area contributed by atoms with Crippen molar-refractivity contribution in [1.82, 2.24) is 24.8 Å². The van der Waals surface area contributed by atoms with E-state index in [2.05, 4.69) is 34.5 Å². The van der Waals surface area contributed by atoms with Gasteiger partial charge in [0, 0.05) is 60.3 Å². The molecule has 45 heavy (non-hydrogen) atoms. The zero-order valence-corrected chi connectivity index (χ0v) is 25.6. The van der Waals surface area contributed by atoms with Gasteiger partial charge in [-0.1, -0.05) is 30.3 Å². The number of aromatic nitrogens is 3. The molecule has 0 spiro atoms. The summed E-state index contributed by atoms with van der Waals surface area (Å²) in [6.45, 7) is 4.18. The van der Waals surface area contributed by atoms with Crippen LogP contribution in [-0.4, -0.2) is 96.2 Å². The van der Waals surface area contributed by atoms with Crippen LogP contribution < -0.4 is 15.5 Å². The van der Waals surface area contributed by atoms with Gasteiger partial charge in [-0.3, -0.25) is 4.79 Å². The summed E-state index contributed by atoms with van der Waals surface area (Å²) < 4.78 is 5.51. The summed E-state index contributed by atoms with van der Waals surface area (Å²) in [5, 5.41) is 5.71. The minimum absolute atomic E-state index is 0.0226. The Morgan fingerprint density at radius 1 is 0.733 bits per heavy atom. The fourth-order valence-corrected chi connectivity index (χ4v) is 5.58. The molecular formula is C34H38N8O3. The SMILES string of the molecule is CN(C)C1CCN(C(=O)c2ccc(NC(=O)Nc3ccc(-c4nc(-c5ccccc5)nc(N5CCOCC5)n4)cc3)cc2)CC1. The number of carbonyl (C=O) groups excluding carboxylic acids is 2. The fourth-order valence-electron chi connectivity index (χ4n) is 5.58. The summed E-state index contributed by atoms with van der Waals surface area (Å²) in [6, 6.07) is 24.4. The second kappa shape index (κ2) is 13.8. The summed E-state index contributed by atoms with van der Waals surface area (Å²) in [4.78, 5) is 46.3. The van der Waals surface area contributed by atoms with Gasteiger partial charge in [-0.2, -0.15) is 9.97 Å². The number of anilines is 3. The standard InChI is InChI=1S/C34H38N8O3/c1-40(2)29-16-18-41(19-17-29)32(43)26-10-14-28(15-11-26)36-34(44)35-27-12-8-25(9-13-27)31-37-30(24-6-4-3-5-7-24)38-33(39-31)42-20-22-45-23-21-42/h3-15,29H,16-23H2,1-2H3,(H2,35,36,44). The Morgan fingerprint density at radius 2 is 1.29 bits per heavy atom. The molecule has 0 atom stereocenters. The summed E-state index contributed by atoms with van der Waals surface area (Å²) in [5.41, 5.74) is 3.55. The van der Waals surface area contributed by atoms with Crippen LogP contribution in [0.4, 0.5) is 22.1 Å². The molecule has 2 aliphatic rings. The maximum atomic E-state index is 13.0. The number of carbonyl (C=O) groups is 2. The van der Waals surface area contributed by atoms with Crippen molar-refractivity contribution in [1.29, 1.82) is 0 Å². The Balaban J connectivity index is 1.09. The second-order valence-corrected chi connectivity index (χ2v) is 11.5. The Kier molecular flexibility index (Phi) is 9.27. The van der Waals surface area contributed by atoms with Crippen LogP contribution in [0, 0.1) is 0 Å². The normalized spacial score (nSPS) is 15.6. The number of rotatable bonds is 7. The zero-order valence-electron chi connectivity index (χ0n) is 25.6. The molecule has 1 aromatic heterocycles. The van der Waals surface area contributed by atoms with Gasteiger partial charge in [0.2, 0.25) is 5.95 Å². The minimum Gasteiger partial charge on any atom is -0.378 e. The lowest BCUT2D eigenvalue weighted by atomic mass is 10.0. The van der Waals surface area contributed by atoms with Gasteiger partial charge in [-0.05, 0) is 75.5 Å². The molecule has 0 saturated carbocycles. The van der Waals surface area contributed by atoms with Crippen molar-refractivity contribution < 1.29 is 14.3 Å². The molecule has 2 fully saturated rings. The van der Waals surface area contributed by atoms with Gasteiger partial charge in [0.05, 0.1) is 13.2 Å². The van der Waals surface area contributed by atoms with Crippen molar-refractivity contribution in [3.8, 4) is 22.8 Å². The van der Waals surface area contributed by atoms with E-state index in [1.54, 1.807) is 24.3 Å². The van der Waals surface area contributed by atoms with Gasteiger partial charge >= 0.3 is 6.03 Å². The molecule has 11 heteroatoms. The molecule has 2 N–H and O–H groups in total. The maximum absolute atomic E-state index is 13.0. The van der Waals surface area contributed by atoms with Crippen molar-refractivity contribution in [2.24, 2.45) is 0 Å². The first kappa shape index (κ1) is 30.2. The van der Waals surface area contributed by atoms with Crippen LogP contribution >= 0.6 is 0 Å². The molecule has 2 aliphatic heterocycles. The monoisotopic (exact) mass is 606 g/mol. The number of nitrogens with zero attached hydrogens (tertiary/aromatic N) is 6. The highest BCUT2D eigenvalue weighted by Crippen LogP contribution is 2.25. The van der Waals surface area contributed by atoms with Crippen molar-refractivity contribution in [3.05, 3.63) is 84.4 Å². The van der Waals surface area contributed by atoms with E-state index in [4.69, 9.17) is 19.7 Å². The quantitative estimate of drug-likeness (QED) is 0.307. The van der Waals surface area contributed by atoms with Crippen LogP contribution in [0.1, 0.15) is 23.2 Å². The molecule has 3 amide bonds. The third-order valence-electron chi connectivity index (χ3n) is 8.22. The summed E-state index contributed by atoms with van der Waals surface area (Å²) in [6.07, 6.45) is 1.94. The second-order valence-electron chi connectivity index (χ2n) is 11.5. The number of urea groups is 1. The van der Waals surface area contributed by atoms with Crippen LogP contribution in [0.5, 0.6) is 0 Å². The highest BCUT2D eigenvalue weighted by molar-refractivity contribution is 6.00. The molecule has 232 valence electrons. The Labute approximate surface area is 263 Å². The van der Waals surface area contributed by atoms with Crippen LogP contribution in [0.25, 0.3) is 22.8 Å². The van der Waals surface area contributed by atoms with E-state index in [-0.39, 0.29) is 11.9 Å². The molecule has 11 nitrogen and oxygen atoms in total. The van der Waals surface area contributed by atoms with E-state index in [0.29, 0.717) is 66.9 Å². The number of morpholine rings is 1. The summed E-state index contributed by atoms with van der Waals surface area (Å²) >= 11 is 0. The number of ether oxygens (including phenoxy) is 1. The van der Waals surface area contributed by atoms with E-state index >= 15 is 0 Å². The third kappa shape index (κ3) is 7.44. The molecule has 0 unspecified atom stereocenters. The van der Waals surface area contributed by atoms with Crippen LogP contribution in [-0.2, 0) is 4.74 Å². The minimum atomic E-state index is -0.381. The molecule has 0 aliphatic carbocycles. The molecule has 3 aromatic carbocycles. The fraction of sp³-hybridized carbons (Fsp3) is 0.324. The van der Waals surface area contributed by atoms with E-state index in [0.717, 1.165) is 37.1 Å². The van der Waals surface area contributed by atoms with E-state index in [1.807, 2.05) is 59.5 Å². The first-order valence-electron chi connectivity index (χ1n) is 15.3. The average Bonchev–Trinajstić information content (AvgIpc) is 3.09. The highest BCUT2D eigenvalue weighted by atomic mass is 16.5. The molecule has 0 radical (unpaired) electrons. The lowest BCUT2D eigenvalue weighted by Gasteiger charge is -2.35. The smallest absolute Gasteiger partial charge is 0.323 e. The van der Waals surface area contributed by atoms with Crippen LogP contribution in [0.2, 0.25) is 0 Å². The predicted molar refractivity (Wildman–Crippen MR) is 175 cm³/mol. The lowest BCUT2D eigenvalue weighted by molar-refractivity contribution is 0.0663. The van der Waals surface area contributed by atoms with E-state index in [1.165, 1.54) is 0 Å². The van der Waals surface area contributed by atoms with Gasteiger partial charge in [0.1, 0.15) is 0 Å². The van der Waals surface area contributed by atoms with Crippen LogP contribution in [0.15, 0.2) is 78.9 Å². The van der Waals surface area contributed by atoms with Gasteiger partial charge in [-0.15, -0.1) is 0 Å².